The number of aliphatic hydroxyl groups excluding tert-OH is 2. The lowest BCUT2D eigenvalue weighted by molar-refractivity contribution is -0.148. The van der Waals surface area contributed by atoms with Gasteiger partial charge in [0.05, 0.1) is 18.3 Å². The van der Waals surface area contributed by atoms with Crippen LogP contribution in [0, 0.1) is 25.5 Å². The zero-order valence-corrected chi connectivity index (χ0v) is 43.7. The minimum absolute atomic E-state index is 0.0260. The maximum absolute atomic E-state index is 14.2. The molecule has 23 nitrogen and oxygen atoms in total. The van der Waals surface area contributed by atoms with Crippen LogP contribution in [0.3, 0.4) is 0 Å². The number of hydrogen-bond acceptors (Lipinski definition) is 17. The predicted octanol–water partition coefficient (Wildman–Crippen LogP) is 6.44. The molecule has 79 heavy (non-hydrogen) atoms. The number of aliphatic carboxylic acids is 2. The van der Waals surface area contributed by atoms with Crippen LogP contribution in [0.2, 0.25) is 10.0 Å². The quantitative estimate of drug-likeness (QED) is 0.0319. The number of nitrogens with one attached hydrogen (secondary N) is 2. The second-order valence-electron chi connectivity index (χ2n) is 17.2. The van der Waals surface area contributed by atoms with Crippen molar-refractivity contribution in [2.45, 2.75) is 82.7 Å². The number of carbonyl (C=O) groups excluding carboxylic acids is 2. The van der Waals surface area contributed by atoms with E-state index in [0.717, 1.165) is 6.20 Å². The molecule has 0 saturated carbocycles. The second-order valence-corrected chi connectivity index (χ2v) is 18.4. The number of halogens is 5. The molecule has 0 aliphatic carbocycles. The van der Waals surface area contributed by atoms with Gasteiger partial charge in [-0.3, -0.25) is 14.3 Å². The molecule has 0 bridgehead atoms. The molecular weight excluding hydrogens is 1110 g/mol. The zero-order valence-electron chi connectivity index (χ0n) is 41.4. The molecule has 4 aromatic carbocycles. The fourth-order valence-corrected chi connectivity index (χ4v) is 8.07. The highest BCUT2D eigenvalue weighted by atomic mass is 35.5. The standard InChI is InChI=1S/C26H24ClFN4O7.C20H18ClFN4O5.C5H5ClO3/c1-14-23(39-26(37)38-14)8-9-32-13-21(30-31-32)24(34)29-18(12-22(33)25(35)36)10-15-2-4-16(5-3-15)19-11-17(27)6-7-20(19)28;21-13-5-6-16(22)15(8-13)12-3-1-11(2-4-12)7-14(9-18(27)20(29)30)23-19(28)17-10-26(31)25-24-17;1-3-4(2-6)9-5(7)8-3/h2-7,11,13,18,22,33H,8-10,12H2,1H3,(H,29,34)(H,35,36);1-6,8,10,14,18,27,31H,7,9H2,(H,23,28)(H,29,30);2H2,1H3/t18-,22-;14-,18-;/m11./s1. The highest BCUT2D eigenvalue weighted by Gasteiger charge is 2.26. The third-order valence-corrected chi connectivity index (χ3v) is 12.2. The second kappa shape index (κ2) is 27.7. The monoisotopic (exact) mass is 1150 g/mol. The van der Waals surface area contributed by atoms with Crippen LogP contribution >= 0.6 is 34.8 Å². The van der Waals surface area contributed by atoms with Crippen LogP contribution in [0.15, 0.2) is 125 Å². The Morgan fingerprint density at radius 3 is 1.44 bits per heavy atom. The molecule has 0 aliphatic rings. The maximum Gasteiger partial charge on any atom is 0.519 e. The summed E-state index contributed by atoms with van der Waals surface area (Å²) in [4.78, 5) is 69.3. The summed E-state index contributed by atoms with van der Waals surface area (Å²) in [5.41, 5.74) is 3.06. The van der Waals surface area contributed by atoms with Crippen LogP contribution in [-0.4, -0.2) is 104 Å². The SMILES string of the molecule is Cc1oc(=O)oc1CCl.Cc1oc(=O)oc1CCn1cc(C(=O)N[C@H](Cc2ccc(-c3cc(Cl)ccc3F)cc2)C[C@@H](O)C(=O)O)nn1.O=C(N[C@H](Cc1ccc(-c2cc(Cl)ccc2F)cc1)C[C@@H](O)C(=O)O)c1cn(O)nn1. The topological polar surface area (TPSA) is 342 Å². The van der Waals surface area contributed by atoms with Gasteiger partial charge in [-0.2, -0.15) is 0 Å². The van der Waals surface area contributed by atoms with Crippen LogP contribution in [0.1, 0.15) is 68.0 Å². The number of rotatable bonds is 20. The van der Waals surface area contributed by atoms with Gasteiger partial charge in [-0.25, -0.2) is 28.0 Å². The molecule has 7 N–H and O–H groups in total. The van der Waals surface area contributed by atoms with Gasteiger partial charge in [0.1, 0.15) is 23.2 Å². The summed E-state index contributed by atoms with van der Waals surface area (Å²) < 4.78 is 48.4. The number of carboxylic acid groups (broad SMARTS) is 2. The third-order valence-electron chi connectivity index (χ3n) is 11.5. The number of hydrogen-bond donors (Lipinski definition) is 7. The van der Waals surface area contributed by atoms with E-state index < -0.39 is 71.3 Å². The molecule has 0 fully saturated rings. The Morgan fingerprint density at radius 1 is 0.633 bits per heavy atom. The first kappa shape index (κ1) is 59.7. The molecule has 28 heteroatoms. The van der Waals surface area contributed by atoms with Crippen LogP contribution in [0.5, 0.6) is 0 Å². The molecule has 0 spiro atoms. The highest BCUT2D eigenvalue weighted by molar-refractivity contribution is 6.31. The van der Waals surface area contributed by atoms with Crippen molar-refractivity contribution in [3.8, 4) is 22.3 Å². The van der Waals surface area contributed by atoms with Crippen LogP contribution in [-0.2, 0) is 41.3 Å². The van der Waals surface area contributed by atoms with Gasteiger partial charge in [-0.15, -0.1) is 21.8 Å². The number of alkyl halides is 1. The molecule has 0 saturated heterocycles. The predicted molar refractivity (Wildman–Crippen MR) is 275 cm³/mol. The van der Waals surface area contributed by atoms with E-state index in [9.17, 15) is 47.8 Å². The van der Waals surface area contributed by atoms with Gasteiger partial charge in [0, 0.05) is 59.1 Å². The van der Waals surface area contributed by atoms with E-state index in [1.807, 2.05) is 0 Å². The number of benzene rings is 4. The highest BCUT2D eigenvalue weighted by Crippen LogP contribution is 2.28. The van der Waals surface area contributed by atoms with Gasteiger partial charge in [0.25, 0.3) is 11.8 Å². The summed E-state index contributed by atoms with van der Waals surface area (Å²) in [6.45, 7) is 3.47. The number of nitrogens with zero attached hydrogens (tertiary/aromatic N) is 6. The van der Waals surface area contributed by atoms with E-state index in [2.05, 4.69) is 40.1 Å². The average molecular weight is 1160 g/mol. The van der Waals surface area contributed by atoms with Crippen LogP contribution in [0.4, 0.5) is 8.78 Å². The van der Waals surface area contributed by atoms with Gasteiger partial charge in [-0.05, 0) is 90.6 Å². The molecule has 0 radical (unpaired) electrons. The normalized spacial score (nSPS) is 12.5. The lowest BCUT2D eigenvalue weighted by Crippen LogP contribution is -2.40. The van der Waals surface area contributed by atoms with Crippen molar-refractivity contribution in [1.82, 2.24) is 40.8 Å². The summed E-state index contributed by atoms with van der Waals surface area (Å²) in [6, 6.07) is 20.5. The molecule has 8 aromatic rings. The number of aromatic nitrogens is 6. The fraction of sp³-hybridized carbons (Fsp3) is 0.255. The molecule has 416 valence electrons. The lowest BCUT2D eigenvalue weighted by Gasteiger charge is -2.20. The molecule has 8 rings (SSSR count). The van der Waals surface area contributed by atoms with E-state index in [0.29, 0.717) is 71.3 Å². The summed E-state index contributed by atoms with van der Waals surface area (Å²) in [5, 5.41) is 67.5. The van der Waals surface area contributed by atoms with Crippen LogP contribution < -0.4 is 22.3 Å². The summed E-state index contributed by atoms with van der Waals surface area (Å²) in [5.74, 6) is -4.77. The Morgan fingerprint density at radius 2 is 1.06 bits per heavy atom. The van der Waals surface area contributed by atoms with Crippen molar-refractivity contribution in [2.24, 2.45) is 0 Å². The minimum atomic E-state index is -1.71. The van der Waals surface area contributed by atoms with Crippen molar-refractivity contribution in [2.75, 3.05) is 0 Å². The summed E-state index contributed by atoms with van der Waals surface area (Å²) in [6.07, 6.45) is -0.918. The molecule has 0 unspecified atom stereocenters. The number of carboxylic acids is 2. The van der Waals surface area contributed by atoms with Crippen molar-refractivity contribution in [3.63, 3.8) is 0 Å². The van der Waals surface area contributed by atoms with E-state index in [1.54, 1.807) is 62.4 Å². The van der Waals surface area contributed by atoms with Crippen molar-refractivity contribution in [3.05, 3.63) is 186 Å². The van der Waals surface area contributed by atoms with Crippen molar-refractivity contribution >= 4 is 58.6 Å². The first-order valence-electron chi connectivity index (χ1n) is 23.3. The molecule has 4 aromatic heterocycles. The van der Waals surface area contributed by atoms with Crippen LogP contribution in [0.25, 0.3) is 22.3 Å². The van der Waals surface area contributed by atoms with Gasteiger partial charge in [0.2, 0.25) is 0 Å². The summed E-state index contributed by atoms with van der Waals surface area (Å²) >= 11 is 17.3. The molecule has 4 atom stereocenters. The zero-order chi connectivity index (χ0) is 57.5. The molecule has 4 heterocycles. The van der Waals surface area contributed by atoms with E-state index >= 15 is 0 Å². The lowest BCUT2D eigenvalue weighted by atomic mass is 9.97. The molecule has 0 aliphatic heterocycles. The Balaban J connectivity index is 0.000000224. The number of amides is 2. The smallest absolute Gasteiger partial charge is 0.479 e. The third kappa shape index (κ3) is 17.5. The number of aliphatic hydroxyl groups is 2. The van der Waals surface area contributed by atoms with E-state index in [4.69, 9.17) is 59.1 Å². The molecular formula is C51H47Cl3F2N8O15. The van der Waals surface area contributed by atoms with E-state index in [1.165, 1.54) is 47.3 Å². The minimum Gasteiger partial charge on any atom is -0.479 e. The van der Waals surface area contributed by atoms with Gasteiger partial charge in [-0.1, -0.05) is 81.8 Å². The average Bonchev–Trinajstić information content (AvgIpc) is 4.23. The number of carbonyl (C=O) groups is 4. The Labute approximate surface area is 459 Å². The van der Waals surface area contributed by atoms with Crippen molar-refractivity contribution in [1.29, 1.82) is 0 Å². The summed E-state index contributed by atoms with van der Waals surface area (Å²) in [7, 11) is 0. The van der Waals surface area contributed by atoms with Gasteiger partial charge in [0.15, 0.2) is 35.1 Å². The molecule has 2 amide bonds. The first-order chi connectivity index (χ1) is 37.5. The Hall–Kier alpha value is -8.49. The number of aryl methyl sites for hydroxylation is 4. The van der Waals surface area contributed by atoms with Crippen molar-refractivity contribution < 1.29 is 71.3 Å². The Kier molecular flexibility index (Phi) is 21.0. The Bertz CT molecular complexity index is 3510. The fourth-order valence-electron chi connectivity index (χ4n) is 7.48. The van der Waals surface area contributed by atoms with E-state index in [-0.39, 0.29) is 55.9 Å². The van der Waals surface area contributed by atoms with Gasteiger partial charge >= 0.3 is 23.6 Å². The largest absolute Gasteiger partial charge is 0.519 e. The van der Waals surface area contributed by atoms with Gasteiger partial charge < -0.3 is 53.9 Å². The maximum atomic E-state index is 14.2. The first-order valence-corrected chi connectivity index (χ1v) is 24.6.